The highest BCUT2D eigenvalue weighted by Crippen LogP contribution is 2.22. The molecule has 0 aliphatic carbocycles. The van der Waals surface area contributed by atoms with Crippen LogP contribution in [0.1, 0.15) is 18.1 Å². The van der Waals surface area contributed by atoms with Gasteiger partial charge in [-0.2, -0.15) is 15.1 Å². The summed E-state index contributed by atoms with van der Waals surface area (Å²) in [7, 11) is 0. The zero-order valence-electron chi connectivity index (χ0n) is 13.0. The fourth-order valence-corrected chi connectivity index (χ4v) is 2.22. The van der Waals surface area contributed by atoms with Gasteiger partial charge < -0.3 is 0 Å². The van der Waals surface area contributed by atoms with Gasteiger partial charge in [0, 0.05) is 18.3 Å². The predicted molar refractivity (Wildman–Crippen MR) is 90.5 cm³/mol. The van der Waals surface area contributed by atoms with Crippen molar-refractivity contribution >= 4 is 12.3 Å². The molecule has 112 valence electrons. The van der Waals surface area contributed by atoms with E-state index in [0.29, 0.717) is 6.54 Å². The van der Waals surface area contributed by atoms with Crippen molar-refractivity contribution in [3.05, 3.63) is 59.9 Å². The Morgan fingerprint density at radius 3 is 2.48 bits per heavy atom. The van der Waals surface area contributed by atoms with Gasteiger partial charge in [0.2, 0.25) is 6.54 Å². The maximum absolute atomic E-state index is 8.71. The highest BCUT2D eigenvalue weighted by molar-refractivity contribution is 5.87. The molecule has 4 nitrogen and oxygen atoms in total. The van der Waals surface area contributed by atoms with E-state index in [4.69, 9.17) is 10.5 Å². The van der Waals surface area contributed by atoms with Gasteiger partial charge in [0.1, 0.15) is 12.6 Å². The van der Waals surface area contributed by atoms with Crippen LogP contribution in [0.4, 0.5) is 0 Å². The fraction of sp³-hybridized carbons (Fsp3) is 0.158. The van der Waals surface area contributed by atoms with E-state index in [1.807, 2.05) is 66.4 Å². The van der Waals surface area contributed by atoms with E-state index in [1.54, 1.807) is 6.21 Å². The summed E-state index contributed by atoms with van der Waals surface area (Å²) in [5.41, 5.74) is 4.23. The lowest BCUT2D eigenvalue weighted by Crippen LogP contribution is -2.31. The third kappa shape index (κ3) is 4.36. The van der Waals surface area contributed by atoms with Crippen molar-refractivity contribution in [2.75, 3.05) is 6.54 Å². The molecule has 1 aromatic heterocycles. The first-order valence-corrected chi connectivity index (χ1v) is 7.28. The van der Waals surface area contributed by atoms with Crippen LogP contribution < -0.4 is 4.57 Å². The Labute approximate surface area is 136 Å². The highest BCUT2D eigenvalue weighted by Gasteiger charge is 2.05. The molecule has 1 aromatic carbocycles. The number of benzene rings is 1. The lowest BCUT2D eigenvalue weighted by atomic mass is 10.00. The molecule has 0 N–H and O–H groups in total. The van der Waals surface area contributed by atoms with Crippen molar-refractivity contribution in [3.63, 3.8) is 0 Å². The first kappa shape index (κ1) is 16.1. The minimum Gasteiger partial charge on any atom is -0.277 e. The minimum atomic E-state index is 0.161. The molecule has 0 amide bonds. The van der Waals surface area contributed by atoms with Crippen LogP contribution in [-0.4, -0.2) is 12.8 Å². The largest absolute Gasteiger partial charge is 0.277 e. The van der Waals surface area contributed by atoms with E-state index in [-0.39, 0.29) is 6.54 Å². The maximum Gasteiger partial charge on any atom is 0.233 e. The van der Waals surface area contributed by atoms with Crippen LogP contribution in [0.25, 0.3) is 17.2 Å². The zero-order chi connectivity index (χ0) is 16.5. The molecule has 0 spiro atoms. The number of nitriles is 2. The van der Waals surface area contributed by atoms with Crippen LogP contribution >= 0.6 is 0 Å². The molecule has 0 fully saturated rings. The summed E-state index contributed by atoms with van der Waals surface area (Å²) in [5.74, 6) is 0. The molecule has 0 saturated heterocycles. The van der Waals surface area contributed by atoms with Crippen LogP contribution in [0.5, 0.6) is 0 Å². The van der Waals surface area contributed by atoms with Gasteiger partial charge in [-0.1, -0.05) is 24.3 Å². The molecule has 2 aromatic rings. The number of pyridine rings is 1. The summed E-state index contributed by atoms with van der Waals surface area (Å²) < 4.78 is 1.83. The molecule has 0 aliphatic heterocycles. The number of aromatic nitrogens is 1. The van der Waals surface area contributed by atoms with E-state index in [9.17, 15) is 0 Å². The van der Waals surface area contributed by atoms with Crippen molar-refractivity contribution in [2.45, 2.75) is 13.5 Å². The fourth-order valence-electron chi connectivity index (χ4n) is 2.22. The molecule has 4 heteroatoms. The Hall–Kier alpha value is -3.24. The summed E-state index contributed by atoms with van der Waals surface area (Å²) >= 11 is 0. The third-order valence-corrected chi connectivity index (χ3v) is 3.30. The van der Waals surface area contributed by atoms with E-state index < -0.39 is 0 Å². The molecule has 0 atom stereocenters. The normalized spacial score (nSPS) is 10.7. The van der Waals surface area contributed by atoms with Crippen LogP contribution in [0, 0.1) is 22.7 Å². The Morgan fingerprint density at radius 2 is 1.83 bits per heavy atom. The Bertz CT molecular complexity index is 803. The van der Waals surface area contributed by atoms with E-state index in [0.717, 1.165) is 22.3 Å². The first-order chi connectivity index (χ1) is 11.3. The third-order valence-electron chi connectivity index (χ3n) is 3.30. The van der Waals surface area contributed by atoms with Crippen molar-refractivity contribution in [1.82, 2.24) is 0 Å². The summed E-state index contributed by atoms with van der Waals surface area (Å²) in [6.07, 6.45) is 9.53. The van der Waals surface area contributed by atoms with Gasteiger partial charge in [-0.3, -0.25) is 4.99 Å². The number of allylic oxidation sites excluding steroid dienone is 1. The molecular weight excluding hydrogens is 284 g/mol. The molecule has 0 radical (unpaired) electrons. The van der Waals surface area contributed by atoms with Crippen molar-refractivity contribution in [2.24, 2.45) is 4.99 Å². The lowest BCUT2D eigenvalue weighted by molar-refractivity contribution is -0.685. The molecular formula is C19H17N4+. The maximum atomic E-state index is 8.71. The molecule has 0 bridgehead atoms. The minimum absolute atomic E-state index is 0.161. The van der Waals surface area contributed by atoms with Crippen LogP contribution in [0.3, 0.4) is 0 Å². The van der Waals surface area contributed by atoms with Crippen LogP contribution in [0.2, 0.25) is 0 Å². The standard InChI is InChI=1S/C19H17N4/c1-2-3-17-14-18(4-5-19(17)15-22-10-8-20)16-6-11-23(12-7-16)13-9-21/h2-7,11-12,14-15H,10,13H2,1H3/q+1/b3-2-,22-15?. The van der Waals surface area contributed by atoms with E-state index >= 15 is 0 Å². The van der Waals surface area contributed by atoms with Gasteiger partial charge >= 0.3 is 0 Å². The number of rotatable bonds is 5. The average molecular weight is 301 g/mol. The Kier molecular flexibility index (Phi) is 5.80. The topological polar surface area (TPSA) is 63.8 Å². The Morgan fingerprint density at radius 1 is 1.04 bits per heavy atom. The molecule has 0 aliphatic rings. The van der Waals surface area contributed by atoms with Crippen LogP contribution in [-0.2, 0) is 6.54 Å². The zero-order valence-corrected chi connectivity index (χ0v) is 13.0. The van der Waals surface area contributed by atoms with Gasteiger partial charge in [-0.15, -0.1) is 0 Å². The van der Waals surface area contributed by atoms with Gasteiger partial charge in [0.15, 0.2) is 12.4 Å². The van der Waals surface area contributed by atoms with Gasteiger partial charge in [-0.25, -0.2) is 0 Å². The first-order valence-electron chi connectivity index (χ1n) is 7.28. The van der Waals surface area contributed by atoms with Crippen molar-refractivity contribution in [3.8, 4) is 23.3 Å². The highest BCUT2D eigenvalue weighted by atomic mass is 14.9. The van der Waals surface area contributed by atoms with Crippen molar-refractivity contribution < 1.29 is 4.57 Å². The predicted octanol–water partition coefficient (Wildman–Crippen LogP) is 3.14. The number of hydrogen-bond acceptors (Lipinski definition) is 3. The average Bonchev–Trinajstić information content (AvgIpc) is 2.58. The number of aliphatic imine (C=N–C) groups is 1. The quantitative estimate of drug-likeness (QED) is 0.484. The van der Waals surface area contributed by atoms with Gasteiger partial charge in [-0.05, 0) is 35.2 Å². The smallest absolute Gasteiger partial charge is 0.233 e. The SMILES string of the molecule is C/C=C\c1cc(-c2cc[n+](CC#N)cc2)ccc1C=NCC#N. The van der Waals surface area contributed by atoms with E-state index in [1.165, 1.54) is 0 Å². The summed E-state index contributed by atoms with van der Waals surface area (Å²) in [5, 5.41) is 17.3. The summed E-state index contributed by atoms with van der Waals surface area (Å²) in [6, 6.07) is 14.2. The Balaban J connectivity index is 2.35. The monoisotopic (exact) mass is 301 g/mol. The molecule has 1 heterocycles. The van der Waals surface area contributed by atoms with E-state index in [2.05, 4.69) is 17.1 Å². The molecule has 2 rings (SSSR count). The second-order valence-electron chi connectivity index (χ2n) is 4.89. The second kappa shape index (κ2) is 8.26. The van der Waals surface area contributed by atoms with Gasteiger partial charge in [0.25, 0.3) is 0 Å². The van der Waals surface area contributed by atoms with Crippen molar-refractivity contribution in [1.29, 1.82) is 10.5 Å². The lowest BCUT2D eigenvalue weighted by Gasteiger charge is -2.06. The number of hydrogen-bond donors (Lipinski definition) is 0. The van der Waals surface area contributed by atoms with Crippen LogP contribution in [0.15, 0.2) is 53.8 Å². The molecule has 0 unspecified atom stereocenters. The summed E-state index contributed by atoms with van der Waals surface area (Å²) in [6.45, 7) is 2.48. The number of nitrogens with zero attached hydrogens (tertiary/aromatic N) is 4. The molecule has 0 saturated carbocycles. The molecule has 23 heavy (non-hydrogen) atoms. The van der Waals surface area contributed by atoms with Gasteiger partial charge in [0.05, 0.1) is 6.07 Å². The summed E-state index contributed by atoms with van der Waals surface area (Å²) in [4.78, 5) is 4.08. The second-order valence-corrected chi connectivity index (χ2v) is 4.89.